The lowest BCUT2D eigenvalue weighted by Gasteiger charge is -2.11. The highest BCUT2D eigenvalue weighted by atomic mass is 35.5. The Balaban J connectivity index is 2.81. The van der Waals surface area contributed by atoms with Gasteiger partial charge in [0.25, 0.3) is 5.69 Å². The number of nitro benzene ring substituents is 1. The number of carbonyl (C=O) groups is 2. The zero-order valence-electron chi connectivity index (χ0n) is 9.71. The van der Waals surface area contributed by atoms with E-state index in [0.717, 1.165) is 6.07 Å². The topological polar surface area (TPSA) is 122 Å². The summed E-state index contributed by atoms with van der Waals surface area (Å²) in [7, 11) is 0. The first-order valence-corrected chi connectivity index (χ1v) is 5.43. The highest BCUT2D eigenvalue weighted by molar-refractivity contribution is 6.33. The van der Waals surface area contributed by atoms with Gasteiger partial charge in [-0.05, 0) is 13.0 Å². The number of rotatable bonds is 4. The molecule has 0 saturated heterocycles. The summed E-state index contributed by atoms with van der Waals surface area (Å²) in [6, 6.07) is 1.60. The number of aliphatic carboxylic acids is 1. The van der Waals surface area contributed by atoms with Gasteiger partial charge in [-0.2, -0.15) is 0 Å². The Kier molecular flexibility index (Phi) is 4.65. The van der Waals surface area contributed by atoms with Gasteiger partial charge in [-0.3, -0.25) is 14.9 Å². The summed E-state index contributed by atoms with van der Waals surface area (Å²) in [5.41, 5.74) is -0.225. The molecule has 0 heterocycles. The molecule has 0 spiro atoms. The molecule has 1 aromatic rings. The van der Waals surface area contributed by atoms with Crippen LogP contribution in [0.5, 0.6) is 0 Å². The number of amides is 2. The van der Waals surface area contributed by atoms with Crippen molar-refractivity contribution in [3.8, 4) is 0 Å². The van der Waals surface area contributed by atoms with Crippen molar-refractivity contribution in [2.45, 2.75) is 13.0 Å². The Hall–Kier alpha value is -2.35. The molecule has 0 unspecified atom stereocenters. The summed E-state index contributed by atoms with van der Waals surface area (Å²) in [6.07, 6.45) is 0. The molecular formula is C10H10ClN3O5. The third-order valence-corrected chi connectivity index (χ3v) is 2.46. The summed E-state index contributed by atoms with van der Waals surface area (Å²) in [6.45, 7) is 1.27. The van der Waals surface area contributed by atoms with E-state index in [4.69, 9.17) is 16.7 Å². The van der Waals surface area contributed by atoms with Crippen LogP contribution < -0.4 is 10.6 Å². The van der Waals surface area contributed by atoms with Gasteiger partial charge >= 0.3 is 12.0 Å². The van der Waals surface area contributed by atoms with Gasteiger partial charge < -0.3 is 15.7 Å². The zero-order chi connectivity index (χ0) is 14.6. The van der Waals surface area contributed by atoms with E-state index in [1.54, 1.807) is 0 Å². The second kappa shape index (κ2) is 6.01. The first-order chi connectivity index (χ1) is 8.81. The molecule has 0 radical (unpaired) electrons. The number of halogens is 1. The molecule has 1 atom stereocenters. The molecular weight excluding hydrogens is 278 g/mol. The van der Waals surface area contributed by atoms with Crippen LogP contribution in [0.4, 0.5) is 16.2 Å². The van der Waals surface area contributed by atoms with Crippen LogP contribution in [0.2, 0.25) is 5.02 Å². The second-order valence-electron chi connectivity index (χ2n) is 3.58. The van der Waals surface area contributed by atoms with E-state index in [2.05, 4.69) is 10.6 Å². The standard InChI is InChI=1S/C10H10ClN3O5/c1-5(9(15)16)12-10(17)13-8-4-6(14(18)19)2-3-7(8)11/h2-5H,1H3,(H,15,16)(H2,12,13,17)/t5-/m0/s1. The molecule has 1 aromatic carbocycles. The minimum absolute atomic E-state index is 0.0194. The average molecular weight is 288 g/mol. The highest BCUT2D eigenvalue weighted by Gasteiger charge is 2.16. The van der Waals surface area contributed by atoms with Crippen molar-refractivity contribution in [2.75, 3.05) is 5.32 Å². The number of nitrogens with zero attached hydrogens (tertiary/aromatic N) is 1. The monoisotopic (exact) mass is 287 g/mol. The fourth-order valence-corrected chi connectivity index (χ4v) is 1.30. The number of non-ortho nitro benzene ring substituents is 1. The lowest BCUT2D eigenvalue weighted by atomic mass is 10.3. The predicted octanol–water partition coefficient (Wildman–Crippen LogP) is 1.84. The summed E-state index contributed by atoms with van der Waals surface area (Å²) in [4.78, 5) is 31.9. The van der Waals surface area contributed by atoms with Crippen molar-refractivity contribution < 1.29 is 19.6 Å². The molecule has 0 fully saturated rings. The van der Waals surface area contributed by atoms with Crippen LogP contribution in [0, 0.1) is 10.1 Å². The van der Waals surface area contributed by atoms with Gasteiger partial charge in [0.2, 0.25) is 0 Å². The molecule has 0 aromatic heterocycles. The van der Waals surface area contributed by atoms with E-state index in [1.165, 1.54) is 19.1 Å². The molecule has 0 saturated carbocycles. The molecule has 3 N–H and O–H groups in total. The molecule has 1 rings (SSSR count). The molecule has 8 nitrogen and oxygen atoms in total. The smallest absolute Gasteiger partial charge is 0.325 e. The molecule has 9 heteroatoms. The van der Waals surface area contributed by atoms with Crippen LogP contribution in [-0.4, -0.2) is 28.1 Å². The van der Waals surface area contributed by atoms with Gasteiger partial charge in [0.05, 0.1) is 15.6 Å². The number of nitro groups is 1. The summed E-state index contributed by atoms with van der Waals surface area (Å²) in [5.74, 6) is -1.21. The highest BCUT2D eigenvalue weighted by Crippen LogP contribution is 2.26. The number of benzene rings is 1. The predicted molar refractivity (Wildman–Crippen MR) is 67.4 cm³/mol. The number of carbonyl (C=O) groups excluding carboxylic acids is 1. The SMILES string of the molecule is C[C@H](NC(=O)Nc1cc([N+](=O)[O-])ccc1Cl)C(=O)O. The number of nitrogens with one attached hydrogen (secondary N) is 2. The lowest BCUT2D eigenvalue weighted by molar-refractivity contribution is -0.384. The number of carboxylic acid groups (broad SMARTS) is 1. The fraction of sp³-hybridized carbons (Fsp3) is 0.200. The van der Waals surface area contributed by atoms with Gasteiger partial charge in [-0.25, -0.2) is 4.79 Å². The van der Waals surface area contributed by atoms with Crippen molar-refractivity contribution in [1.29, 1.82) is 0 Å². The van der Waals surface area contributed by atoms with Crippen molar-refractivity contribution in [1.82, 2.24) is 5.32 Å². The largest absolute Gasteiger partial charge is 0.480 e. The van der Waals surface area contributed by atoms with Gasteiger partial charge in [0, 0.05) is 12.1 Å². The van der Waals surface area contributed by atoms with E-state index < -0.39 is 23.0 Å². The first-order valence-electron chi connectivity index (χ1n) is 5.05. The third-order valence-electron chi connectivity index (χ3n) is 2.13. The minimum Gasteiger partial charge on any atom is -0.480 e. The quantitative estimate of drug-likeness (QED) is 0.576. The second-order valence-corrected chi connectivity index (χ2v) is 3.99. The molecule has 19 heavy (non-hydrogen) atoms. The summed E-state index contributed by atoms with van der Waals surface area (Å²) in [5, 5.41) is 23.7. The third kappa shape index (κ3) is 4.11. The van der Waals surface area contributed by atoms with Gasteiger partial charge in [-0.15, -0.1) is 0 Å². The number of anilines is 1. The van der Waals surface area contributed by atoms with Crippen LogP contribution in [0.15, 0.2) is 18.2 Å². The maximum atomic E-state index is 11.4. The van der Waals surface area contributed by atoms with E-state index in [1.807, 2.05) is 0 Å². The average Bonchev–Trinajstić information content (AvgIpc) is 2.31. The first kappa shape index (κ1) is 14.7. The van der Waals surface area contributed by atoms with Crippen molar-refractivity contribution in [2.24, 2.45) is 0 Å². The Morgan fingerprint density at radius 3 is 2.63 bits per heavy atom. The Bertz CT molecular complexity index is 534. The molecule has 0 aliphatic carbocycles. The molecule has 102 valence electrons. The fourth-order valence-electron chi connectivity index (χ4n) is 1.14. The zero-order valence-corrected chi connectivity index (χ0v) is 10.5. The summed E-state index contributed by atoms with van der Waals surface area (Å²) < 4.78 is 0. The van der Waals surface area contributed by atoms with E-state index >= 15 is 0 Å². The number of urea groups is 1. The van der Waals surface area contributed by atoms with Gasteiger partial charge in [0.1, 0.15) is 6.04 Å². The van der Waals surface area contributed by atoms with Crippen molar-refractivity contribution in [3.63, 3.8) is 0 Å². The molecule has 0 aliphatic heterocycles. The van der Waals surface area contributed by atoms with Crippen LogP contribution >= 0.6 is 11.6 Å². The normalized spacial score (nSPS) is 11.5. The number of hydrogen-bond acceptors (Lipinski definition) is 4. The molecule has 2 amide bonds. The molecule has 0 bridgehead atoms. The minimum atomic E-state index is -1.21. The summed E-state index contributed by atoms with van der Waals surface area (Å²) >= 11 is 5.76. The number of carboxylic acids is 1. The lowest BCUT2D eigenvalue weighted by Crippen LogP contribution is -2.40. The van der Waals surface area contributed by atoms with E-state index in [-0.39, 0.29) is 16.4 Å². The van der Waals surface area contributed by atoms with Gasteiger partial charge in [0.15, 0.2) is 0 Å². The van der Waals surface area contributed by atoms with E-state index in [9.17, 15) is 19.7 Å². The van der Waals surface area contributed by atoms with Crippen molar-refractivity contribution in [3.05, 3.63) is 33.3 Å². The van der Waals surface area contributed by atoms with Crippen LogP contribution in [-0.2, 0) is 4.79 Å². The van der Waals surface area contributed by atoms with Crippen LogP contribution in [0.3, 0.4) is 0 Å². The van der Waals surface area contributed by atoms with E-state index in [0.29, 0.717) is 0 Å². The Labute approximate surface area is 112 Å². The number of hydrogen-bond donors (Lipinski definition) is 3. The molecule has 0 aliphatic rings. The Morgan fingerprint density at radius 2 is 2.11 bits per heavy atom. The Morgan fingerprint density at radius 1 is 1.47 bits per heavy atom. The van der Waals surface area contributed by atoms with Crippen LogP contribution in [0.25, 0.3) is 0 Å². The van der Waals surface area contributed by atoms with Gasteiger partial charge in [-0.1, -0.05) is 11.6 Å². The van der Waals surface area contributed by atoms with Crippen LogP contribution in [0.1, 0.15) is 6.92 Å². The maximum Gasteiger partial charge on any atom is 0.325 e. The van der Waals surface area contributed by atoms with Crippen molar-refractivity contribution >= 4 is 35.0 Å². The maximum absolute atomic E-state index is 11.4.